The van der Waals surface area contributed by atoms with Crippen LogP contribution in [0.1, 0.15) is 12.7 Å². The summed E-state index contributed by atoms with van der Waals surface area (Å²) in [5.41, 5.74) is 29.0. The zero-order valence-corrected chi connectivity index (χ0v) is 68.4. The molecular weight excluding hydrogens is 1550 g/mol. The molecule has 23 rings (SSSR count). The lowest BCUT2D eigenvalue weighted by Gasteiger charge is -2.17. The number of imidazole rings is 1. The van der Waals surface area contributed by atoms with Crippen molar-refractivity contribution in [2.24, 2.45) is 0 Å². The molecular formula is C102H68N13OPS3. The van der Waals surface area contributed by atoms with Crippen LogP contribution >= 0.6 is 42.3 Å². The third-order valence-corrected chi connectivity index (χ3v) is 25.5. The number of nitrogens with zero attached hydrogens (tertiary/aromatic N) is 13. The summed E-state index contributed by atoms with van der Waals surface area (Å²) in [4.78, 5) is 30.6. The van der Waals surface area contributed by atoms with Crippen molar-refractivity contribution in [3.63, 3.8) is 0 Å². The van der Waals surface area contributed by atoms with E-state index < -0.39 is 7.14 Å². The van der Waals surface area contributed by atoms with Crippen molar-refractivity contribution in [3.05, 3.63) is 352 Å². The van der Waals surface area contributed by atoms with Crippen LogP contribution in [0.5, 0.6) is 0 Å². The molecule has 23 aromatic rings. The number of para-hydroxylation sites is 5. The van der Waals surface area contributed by atoms with E-state index in [1.165, 1.54) is 40.7 Å². The molecule has 8 aromatic heterocycles. The smallest absolute Gasteiger partial charge is 0.160 e. The summed E-state index contributed by atoms with van der Waals surface area (Å²) in [5.74, 6) is 1.76. The number of benzene rings is 15. The molecule has 0 aliphatic carbocycles. The maximum Gasteiger partial charge on any atom is 0.160 e. The monoisotopic (exact) mass is 1620 g/mol. The number of hydrogen-bond acceptors (Lipinski definition) is 16. The summed E-state index contributed by atoms with van der Waals surface area (Å²) < 4.78 is 41.9. The normalized spacial score (nSPS) is 11.7. The van der Waals surface area contributed by atoms with Crippen LogP contribution in [0.15, 0.2) is 346 Å². The van der Waals surface area contributed by atoms with Crippen molar-refractivity contribution >= 4 is 157 Å². The number of hydrogen-bond donors (Lipinski definition) is 0. The minimum atomic E-state index is -2.25. The third kappa shape index (κ3) is 13.4. The molecule has 0 aliphatic heterocycles. The third-order valence-electron chi connectivity index (χ3n) is 22.3. The highest BCUT2D eigenvalue weighted by molar-refractivity contribution is 7.70. The first-order valence-corrected chi connectivity index (χ1v) is 44.3. The summed E-state index contributed by atoms with van der Waals surface area (Å²) in [7, 11) is -2.25. The molecule has 0 spiro atoms. The fourth-order valence-electron chi connectivity index (χ4n) is 16.4. The van der Waals surface area contributed by atoms with Crippen LogP contribution in [0, 0.1) is 0 Å². The molecule has 0 saturated carbocycles. The SMILES string of the molecule is CCc1nc2ccccc2n1-c1ccc(-c2ccc(-c3nc4ccccc4c4c3ccc3nsnc34)cc2)cc1.CP(C)(=O)c1ccc(-c2ccc(-c3nc4ccccc4c4c3ccc3nsnc34)cc2)cc1.c1ccc(-c2nc(-c3ccccc3)c(-c3ccc(-c4nc5ccccc5c5c4ccc4nsnc45)cc3)c(-c3ccccc3)n2)cc1. The molecule has 0 unspecified atom stereocenters. The zero-order valence-electron chi connectivity index (χ0n) is 65.0. The lowest BCUT2D eigenvalue weighted by atomic mass is 9.92. The van der Waals surface area contributed by atoms with E-state index in [4.69, 9.17) is 29.9 Å². The number of aryl methyl sites for hydroxylation is 1. The fraction of sp³-hybridized carbons (Fsp3) is 0.0392. The molecule has 0 fully saturated rings. The molecule has 15 aromatic carbocycles. The van der Waals surface area contributed by atoms with E-state index in [1.807, 2.05) is 109 Å². The lowest BCUT2D eigenvalue weighted by molar-refractivity contribution is 0.588. The Labute approximate surface area is 702 Å². The average Bonchev–Trinajstić information content (AvgIpc) is 1.37. The van der Waals surface area contributed by atoms with Gasteiger partial charge in [-0.2, -0.15) is 26.2 Å². The van der Waals surface area contributed by atoms with Crippen molar-refractivity contribution in [3.8, 4) is 107 Å². The Hall–Kier alpha value is -14.5. The maximum absolute atomic E-state index is 12.3. The van der Waals surface area contributed by atoms with Crippen molar-refractivity contribution in [2.75, 3.05) is 13.3 Å². The zero-order chi connectivity index (χ0) is 80.4. The van der Waals surface area contributed by atoms with Gasteiger partial charge in [-0.05, 0) is 120 Å². The second kappa shape index (κ2) is 30.9. The Morgan fingerprint density at radius 2 is 0.592 bits per heavy atom. The Morgan fingerprint density at radius 1 is 0.267 bits per heavy atom. The van der Waals surface area contributed by atoms with Crippen LogP contribution < -0.4 is 5.30 Å². The van der Waals surface area contributed by atoms with Gasteiger partial charge in [0.15, 0.2) is 5.82 Å². The van der Waals surface area contributed by atoms with Crippen molar-refractivity contribution in [1.29, 1.82) is 0 Å². The Morgan fingerprint density at radius 3 is 0.983 bits per heavy atom. The van der Waals surface area contributed by atoms with Gasteiger partial charge in [-0.1, -0.05) is 274 Å². The van der Waals surface area contributed by atoms with Gasteiger partial charge in [-0.3, -0.25) is 4.57 Å². The predicted octanol–water partition coefficient (Wildman–Crippen LogP) is 26.1. The second-order valence-electron chi connectivity index (χ2n) is 29.9. The average molecular weight is 1620 g/mol. The topological polar surface area (TPSA) is 177 Å². The van der Waals surface area contributed by atoms with Gasteiger partial charge in [0, 0.05) is 105 Å². The van der Waals surface area contributed by atoms with Crippen molar-refractivity contribution < 1.29 is 4.57 Å². The molecule has 0 atom stereocenters. The van der Waals surface area contributed by atoms with E-state index in [1.54, 1.807) is 13.3 Å². The molecule has 0 bridgehead atoms. The second-order valence-corrected chi connectivity index (χ2v) is 34.7. The molecule has 0 amide bonds. The van der Waals surface area contributed by atoms with Gasteiger partial charge in [0.1, 0.15) is 46.1 Å². The first kappa shape index (κ1) is 73.2. The van der Waals surface area contributed by atoms with Crippen molar-refractivity contribution in [1.82, 2.24) is 60.7 Å². The molecule has 570 valence electrons. The van der Waals surface area contributed by atoms with Crippen LogP contribution in [-0.4, -0.2) is 74.0 Å². The largest absolute Gasteiger partial charge is 0.319 e. The van der Waals surface area contributed by atoms with Crippen LogP contribution in [0.4, 0.5) is 0 Å². The number of fused-ring (bicyclic) bond motifs is 16. The molecule has 0 saturated heterocycles. The summed E-state index contributed by atoms with van der Waals surface area (Å²) in [6, 6.07) is 119. The van der Waals surface area contributed by atoms with Crippen LogP contribution in [0.25, 0.3) is 216 Å². The maximum atomic E-state index is 12.3. The molecule has 120 heavy (non-hydrogen) atoms. The Kier molecular flexibility index (Phi) is 18.8. The van der Waals surface area contributed by atoms with Crippen LogP contribution in [0.2, 0.25) is 0 Å². The van der Waals surface area contributed by atoms with E-state index in [0.29, 0.717) is 5.82 Å². The summed E-state index contributed by atoms with van der Waals surface area (Å²) in [6.45, 7) is 5.75. The van der Waals surface area contributed by atoms with Gasteiger partial charge in [-0.25, -0.2) is 29.9 Å². The Balaban J connectivity index is 0.000000113. The van der Waals surface area contributed by atoms with Crippen LogP contribution in [-0.2, 0) is 11.0 Å². The highest BCUT2D eigenvalue weighted by Gasteiger charge is 2.24. The van der Waals surface area contributed by atoms with Gasteiger partial charge in [0.2, 0.25) is 0 Å². The quantitative estimate of drug-likeness (QED) is 0.0835. The van der Waals surface area contributed by atoms with Gasteiger partial charge >= 0.3 is 0 Å². The highest BCUT2D eigenvalue weighted by Crippen LogP contribution is 2.45. The van der Waals surface area contributed by atoms with Gasteiger partial charge in [0.25, 0.3) is 0 Å². The van der Waals surface area contributed by atoms with E-state index in [9.17, 15) is 4.57 Å². The Bertz CT molecular complexity index is 7860. The molecule has 18 heteroatoms. The van der Waals surface area contributed by atoms with Gasteiger partial charge in [0.05, 0.1) is 91.2 Å². The highest BCUT2D eigenvalue weighted by atomic mass is 32.1. The van der Waals surface area contributed by atoms with E-state index in [-0.39, 0.29) is 0 Å². The van der Waals surface area contributed by atoms with E-state index in [0.717, 1.165) is 222 Å². The number of pyridine rings is 3. The summed E-state index contributed by atoms with van der Waals surface area (Å²) >= 11 is 3.74. The summed E-state index contributed by atoms with van der Waals surface area (Å²) in [5, 5.41) is 10.7. The lowest BCUT2D eigenvalue weighted by Crippen LogP contribution is -2.01. The first-order valence-electron chi connectivity index (χ1n) is 39.5. The number of rotatable bonds is 12. The van der Waals surface area contributed by atoms with E-state index in [2.05, 4.69) is 274 Å². The molecule has 0 N–H and O–H groups in total. The minimum Gasteiger partial charge on any atom is -0.319 e. The molecule has 0 radical (unpaired) electrons. The van der Waals surface area contributed by atoms with E-state index >= 15 is 0 Å². The summed E-state index contributed by atoms with van der Waals surface area (Å²) in [6.07, 6.45) is 0.875. The van der Waals surface area contributed by atoms with Crippen molar-refractivity contribution in [2.45, 2.75) is 13.3 Å². The standard InChI is InChI=1S/C41H25N5S.C34H23N5S.C27H20N3OPS/c1-4-12-27(13-5-1)38-35(39(28-14-6-2-7-15-28)44-41(43-38)30-16-8-3-9-17-30)26-20-22-29(23-21-26)37-32-24-25-34-40(46-47-45-34)36(32)31-18-10-11-19-33(31)42-37;1-2-31-35-28-9-5-6-10-30(28)39(31)24-17-15-22(16-18-24)21-11-13-23(14-12-21)33-26-19-20-29-34(38-40-37-29)32(26)25-7-3-4-8-27(25)36-33;1-32(2,31)20-13-11-18(12-14-20)17-7-9-19(10-8-17)26-22-15-16-24-27(30-33-29-24)25(22)21-5-3-4-6-23(21)28-26/h1-25H;3-20H,2H2,1H3;3-16H,1-2H3. The van der Waals surface area contributed by atoms with Gasteiger partial charge in [-0.15, -0.1) is 0 Å². The first-order chi connectivity index (χ1) is 59.1. The van der Waals surface area contributed by atoms with Gasteiger partial charge < -0.3 is 4.57 Å². The molecule has 8 heterocycles. The fourth-order valence-corrected chi connectivity index (χ4v) is 18.9. The minimum absolute atomic E-state index is 0.693. The molecule has 14 nitrogen and oxygen atoms in total. The number of aromatic nitrogens is 13. The molecule has 0 aliphatic rings. The predicted molar refractivity (Wildman–Crippen MR) is 498 cm³/mol. The van der Waals surface area contributed by atoms with Crippen LogP contribution in [0.3, 0.4) is 0 Å².